The lowest BCUT2D eigenvalue weighted by Crippen LogP contribution is -2.53. The number of benzene rings is 1. The van der Waals surface area contributed by atoms with E-state index in [1.807, 2.05) is 0 Å². The predicted molar refractivity (Wildman–Crippen MR) is 73.3 cm³/mol. The molecule has 0 amide bonds. The largest absolute Gasteiger partial charge is 0.481 e. The summed E-state index contributed by atoms with van der Waals surface area (Å²) in [6, 6.07) is 3.08. The van der Waals surface area contributed by atoms with E-state index in [4.69, 9.17) is 25.8 Å². The van der Waals surface area contributed by atoms with Crippen molar-refractivity contribution in [3.63, 3.8) is 0 Å². The molecule has 0 N–H and O–H groups in total. The fraction of sp³-hybridized carbons (Fsp3) is 0.538. The van der Waals surface area contributed by atoms with Crippen LogP contribution in [0.4, 0.5) is 10.1 Å². The Hall–Kier alpha value is -1.44. The molecule has 0 saturated heterocycles. The molecule has 0 radical (unpaired) electrons. The molecule has 1 aliphatic rings. The van der Waals surface area contributed by atoms with Crippen molar-refractivity contribution in [1.29, 1.82) is 0 Å². The van der Waals surface area contributed by atoms with Crippen molar-refractivity contribution in [1.82, 2.24) is 0 Å². The van der Waals surface area contributed by atoms with Crippen molar-refractivity contribution in [2.24, 2.45) is 0 Å². The van der Waals surface area contributed by atoms with Crippen LogP contribution in [-0.4, -0.2) is 42.8 Å². The van der Waals surface area contributed by atoms with Crippen molar-refractivity contribution in [2.45, 2.75) is 24.0 Å². The van der Waals surface area contributed by atoms with Crippen LogP contribution in [0.15, 0.2) is 18.2 Å². The van der Waals surface area contributed by atoms with E-state index in [1.54, 1.807) is 7.11 Å². The average Bonchev–Trinajstić information content (AvgIpc) is 2.43. The third kappa shape index (κ3) is 3.81. The number of ether oxygens (including phenoxy) is 3. The molecule has 3 atom stereocenters. The van der Waals surface area contributed by atoms with Gasteiger partial charge in [0.25, 0.3) is 0 Å². The van der Waals surface area contributed by atoms with Crippen molar-refractivity contribution in [3.05, 3.63) is 34.1 Å². The minimum absolute atomic E-state index is 0.117. The molecule has 6 nitrogen and oxygen atoms in total. The smallest absolute Gasteiger partial charge is 0.311 e. The van der Waals surface area contributed by atoms with E-state index in [0.29, 0.717) is 19.6 Å². The first kappa shape index (κ1) is 15.9. The molecule has 0 spiro atoms. The molecule has 2 rings (SSSR count). The maximum Gasteiger partial charge on any atom is 0.311 e. The number of methoxy groups -OCH3 is 1. The molecule has 21 heavy (non-hydrogen) atoms. The van der Waals surface area contributed by atoms with Crippen molar-refractivity contribution in [2.75, 3.05) is 20.3 Å². The van der Waals surface area contributed by atoms with Gasteiger partial charge in [-0.2, -0.15) is 0 Å². The van der Waals surface area contributed by atoms with Crippen LogP contribution in [0.25, 0.3) is 0 Å². The van der Waals surface area contributed by atoms with Gasteiger partial charge >= 0.3 is 5.69 Å². The minimum atomic E-state index is -0.619. The molecule has 3 unspecified atom stereocenters. The van der Waals surface area contributed by atoms with Crippen LogP contribution in [0, 0.1) is 15.9 Å². The van der Waals surface area contributed by atoms with E-state index in [-0.39, 0.29) is 16.8 Å². The highest BCUT2D eigenvalue weighted by atomic mass is 35.5. The first-order valence-corrected chi connectivity index (χ1v) is 6.81. The lowest BCUT2D eigenvalue weighted by molar-refractivity contribution is -0.386. The zero-order chi connectivity index (χ0) is 15.4. The molecule has 0 aromatic heterocycles. The second-order valence-electron chi connectivity index (χ2n) is 4.61. The molecule has 116 valence electrons. The number of hydrogen-bond acceptors (Lipinski definition) is 5. The summed E-state index contributed by atoms with van der Waals surface area (Å²) in [4.78, 5) is 10.3. The highest BCUT2D eigenvalue weighted by Crippen LogP contribution is 2.36. The molecular formula is C13H15ClFNO5. The molecule has 1 aromatic rings. The van der Waals surface area contributed by atoms with Crippen LogP contribution in [-0.2, 0) is 9.47 Å². The summed E-state index contributed by atoms with van der Waals surface area (Å²) in [5, 5.41) is 10.7. The number of nitrogens with zero attached hydrogens (tertiary/aromatic N) is 1. The van der Waals surface area contributed by atoms with Gasteiger partial charge in [-0.15, -0.1) is 11.6 Å². The van der Waals surface area contributed by atoms with Gasteiger partial charge in [0.05, 0.1) is 23.5 Å². The van der Waals surface area contributed by atoms with Gasteiger partial charge in [-0.3, -0.25) is 10.1 Å². The lowest BCUT2D eigenvalue weighted by atomic mass is 9.91. The number of hydrogen-bond donors (Lipinski definition) is 0. The van der Waals surface area contributed by atoms with Gasteiger partial charge in [0, 0.05) is 25.7 Å². The molecule has 1 fully saturated rings. The SMILES string of the molecule is COCCOC1C(Cl)CC1Oc1cc(F)ccc1[N+](=O)[O-]. The summed E-state index contributed by atoms with van der Waals surface area (Å²) in [5.74, 6) is -0.719. The lowest BCUT2D eigenvalue weighted by Gasteiger charge is -2.40. The predicted octanol–water partition coefficient (Wildman–Crippen LogP) is 2.52. The molecule has 0 aliphatic heterocycles. The number of alkyl halides is 1. The van der Waals surface area contributed by atoms with E-state index in [0.717, 1.165) is 18.2 Å². The maximum absolute atomic E-state index is 13.2. The number of rotatable bonds is 7. The first-order valence-electron chi connectivity index (χ1n) is 6.38. The van der Waals surface area contributed by atoms with E-state index < -0.39 is 22.9 Å². The molecule has 1 aromatic carbocycles. The number of halogens is 2. The van der Waals surface area contributed by atoms with E-state index in [1.165, 1.54) is 0 Å². The van der Waals surface area contributed by atoms with E-state index in [2.05, 4.69) is 0 Å². The second kappa shape index (κ2) is 7.02. The summed E-state index contributed by atoms with van der Waals surface area (Å²) >= 11 is 6.03. The third-order valence-corrected chi connectivity index (χ3v) is 3.60. The second-order valence-corrected chi connectivity index (χ2v) is 5.17. The van der Waals surface area contributed by atoms with Crippen molar-refractivity contribution >= 4 is 17.3 Å². The topological polar surface area (TPSA) is 70.8 Å². The Bertz CT molecular complexity index is 515. The Morgan fingerprint density at radius 3 is 2.86 bits per heavy atom. The van der Waals surface area contributed by atoms with Crippen LogP contribution in [0.5, 0.6) is 5.75 Å². The van der Waals surface area contributed by atoms with Crippen LogP contribution in [0.3, 0.4) is 0 Å². The zero-order valence-electron chi connectivity index (χ0n) is 11.3. The molecule has 0 heterocycles. The molecule has 1 aliphatic carbocycles. The zero-order valence-corrected chi connectivity index (χ0v) is 12.1. The standard InChI is InChI=1S/C13H15ClFNO5/c1-19-4-5-20-13-9(14)7-12(13)21-11-6-8(15)2-3-10(11)16(17)18/h2-3,6,9,12-13H,4-5,7H2,1H3. The van der Waals surface area contributed by atoms with Crippen molar-refractivity contribution < 1.29 is 23.5 Å². The summed E-state index contributed by atoms with van der Waals surface area (Å²) in [7, 11) is 1.55. The summed E-state index contributed by atoms with van der Waals surface area (Å²) in [6.07, 6.45) is -0.359. The highest BCUT2D eigenvalue weighted by Gasteiger charge is 2.43. The maximum atomic E-state index is 13.2. The van der Waals surface area contributed by atoms with Crippen LogP contribution >= 0.6 is 11.6 Å². The van der Waals surface area contributed by atoms with Gasteiger partial charge in [-0.05, 0) is 6.07 Å². The Labute approximate surface area is 125 Å². The minimum Gasteiger partial charge on any atom is -0.481 e. The Morgan fingerprint density at radius 1 is 1.48 bits per heavy atom. The van der Waals surface area contributed by atoms with Gasteiger partial charge < -0.3 is 14.2 Å². The van der Waals surface area contributed by atoms with Crippen LogP contribution in [0.2, 0.25) is 0 Å². The van der Waals surface area contributed by atoms with Gasteiger partial charge in [0.2, 0.25) is 0 Å². The highest BCUT2D eigenvalue weighted by molar-refractivity contribution is 6.21. The van der Waals surface area contributed by atoms with Gasteiger partial charge in [-0.25, -0.2) is 4.39 Å². The average molecular weight is 320 g/mol. The van der Waals surface area contributed by atoms with Crippen LogP contribution < -0.4 is 4.74 Å². The van der Waals surface area contributed by atoms with Gasteiger partial charge in [0.15, 0.2) is 5.75 Å². The first-order chi connectivity index (χ1) is 10.0. The molecule has 1 saturated carbocycles. The number of nitro benzene ring substituents is 1. The van der Waals surface area contributed by atoms with E-state index >= 15 is 0 Å². The monoisotopic (exact) mass is 319 g/mol. The Morgan fingerprint density at radius 2 is 2.24 bits per heavy atom. The van der Waals surface area contributed by atoms with Gasteiger partial charge in [-0.1, -0.05) is 0 Å². The summed E-state index contributed by atoms with van der Waals surface area (Å²) in [6.45, 7) is 0.752. The fourth-order valence-electron chi connectivity index (χ4n) is 2.02. The third-order valence-electron chi connectivity index (χ3n) is 3.18. The quantitative estimate of drug-likeness (QED) is 0.334. The normalized spacial score (nSPS) is 24.4. The number of nitro groups is 1. The summed E-state index contributed by atoms with van der Waals surface area (Å²) < 4.78 is 29.1. The summed E-state index contributed by atoms with van der Waals surface area (Å²) in [5.41, 5.74) is -0.287. The Balaban J connectivity index is 2.04. The fourth-order valence-corrected chi connectivity index (χ4v) is 2.43. The van der Waals surface area contributed by atoms with Crippen LogP contribution in [0.1, 0.15) is 6.42 Å². The molecular weight excluding hydrogens is 305 g/mol. The molecule has 0 bridgehead atoms. The Kier molecular flexibility index (Phi) is 5.33. The van der Waals surface area contributed by atoms with E-state index in [9.17, 15) is 14.5 Å². The van der Waals surface area contributed by atoms with Gasteiger partial charge in [0.1, 0.15) is 18.0 Å². The van der Waals surface area contributed by atoms with Crippen molar-refractivity contribution in [3.8, 4) is 5.75 Å². The molecule has 8 heteroatoms.